The van der Waals surface area contributed by atoms with Gasteiger partial charge < -0.3 is 14.8 Å². The fraction of sp³-hybridized carbons (Fsp3) is 0.591. The molecule has 4 amide bonds. The Bertz CT molecular complexity index is 898. The number of fused-ring (bicyclic) bond motifs is 1. The number of hydrogen-bond donors (Lipinski definition) is 2. The molecule has 1 saturated carbocycles. The van der Waals surface area contributed by atoms with Crippen molar-refractivity contribution in [1.29, 1.82) is 0 Å². The highest BCUT2D eigenvalue weighted by atomic mass is 16.6. The number of rotatable bonds is 4. The van der Waals surface area contributed by atoms with Crippen LogP contribution in [0.2, 0.25) is 0 Å². The van der Waals surface area contributed by atoms with Gasteiger partial charge in [0.2, 0.25) is 0 Å². The average molecular weight is 428 g/mol. The topological polar surface area (TPSA) is 100 Å². The van der Waals surface area contributed by atoms with E-state index in [1.807, 2.05) is 18.2 Å². The van der Waals surface area contributed by atoms with Gasteiger partial charge in [-0.05, 0) is 49.9 Å². The van der Waals surface area contributed by atoms with Crippen LogP contribution in [0, 0.1) is 0 Å². The summed E-state index contributed by atoms with van der Waals surface area (Å²) < 4.78 is 11.3. The third-order valence-corrected chi connectivity index (χ3v) is 6.77. The van der Waals surface area contributed by atoms with Crippen LogP contribution in [0.15, 0.2) is 18.2 Å². The highest BCUT2D eigenvalue weighted by Crippen LogP contribution is 2.38. The number of imide groups is 1. The summed E-state index contributed by atoms with van der Waals surface area (Å²) in [6, 6.07) is 5.45. The predicted octanol–water partition coefficient (Wildman–Crippen LogP) is 1.88. The van der Waals surface area contributed by atoms with Gasteiger partial charge in [-0.15, -0.1) is 0 Å². The van der Waals surface area contributed by atoms with Crippen molar-refractivity contribution in [2.45, 2.75) is 56.5 Å². The van der Waals surface area contributed by atoms with Crippen molar-refractivity contribution >= 4 is 17.8 Å². The standard InChI is InChI=1S/C22H28N4O5/c27-19(24-26-20(28)22(23-21(26)29)8-2-1-3-9-22)14-25-10-4-5-16(25)15-6-7-17-18(13-15)31-12-11-30-17/h6-7,13,16H,1-5,8-12,14H2,(H,23,29)(H,24,27)/t16-/m0/s1. The van der Waals surface area contributed by atoms with Crippen molar-refractivity contribution in [1.82, 2.24) is 20.7 Å². The van der Waals surface area contributed by atoms with Crippen LogP contribution in [0.1, 0.15) is 56.6 Å². The summed E-state index contributed by atoms with van der Waals surface area (Å²) in [6.45, 7) is 1.96. The van der Waals surface area contributed by atoms with Gasteiger partial charge in [0.15, 0.2) is 11.5 Å². The molecule has 4 aliphatic rings. The lowest BCUT2D eigenvalue weighted by atomic mass is 9.82. The maximum absolute atomic E-state index is 12.9. The molecular formula is C22H28N4O5. The molecule has 3 aliphatic heterocycles. The number of likely N-dealkylation sites (tertiary alicyclic amines) is 1. The molecule has 0 aromatic heterocycles. The molecule has 0 unspecified atom stereocenters. The quantitative estimate of drug-likeness (QED) is 0.711. The van der Waals surface area contributed by atoms with Crippen LogP contribution in [-0.4, -0.2) is 59.6 Å². The lowest BCUT2D eigenvalue weighted by Crippen LogP contribution is -2.52. The van der Waals surface area contributed by atoms with Gasteiger partial charge in [-0.3, -0.25) is 19.9 Å². The zero-order valence-corrected chi connectivity index (χ0v) is 17.5. The van der Waals surface area contributed by atoms with Crippen LogP contribution in [0.3, 0.4) is 0 Å². The Kier molecular flexibility index (Phi) is 5.21. The second kappa shape index (κ2) is 8.03. The van der Waals surface area contributed by atoms with Crippen molar-refractivity contribution in [3.05, 3.63) is 23.8 Å². The summed E-state index contributed by atoms with van der Waals surface area (Å²) >= 11 is 0. The normalized spacial score (nSPS) is 25.0. The summed E-state index contributed by atoms with van der Waals surface area (Å²) in [7, 11) is 0. The Morgan fingerprint density at radius 2 is 1.87 bits per heavy atom. The van der Waals surface area contributed by atoms with Crippen LogP contribution in [0.4, 0.5) is 4.79 Å². The molecule has 2 saturated heterocycles. The van der Waals surface area contributed by atoms with Crippen molar-refractivity contribution in [3.63, 3.8) is 0 Å². The van der Waals surface area contributed by atoms with Gasteiger partial charge in [-0.2, -0.15) is 5.01 Å². The molecule has 0 bridgehead atoms. The molecule has 9 heteroatoms. The number of carbonyl (C=O) groups excluding carboxylic acids is 3. The van der Waals surface area contributed by atoms with E-state index >= 15 is 0 Å². The fourth-order valence-electron chi connectivity index (χ4n) is 5.22. The molecule has 0 radical (unpaired) electrons. The van der Waals surface area contributed by atoms with Crippen molar-refractivity contribution < 1.29 is 23.9 Å². The van der Waals surface area contributed by atoms with Crippen LogP contribution >= 0.6 is 0 Å². The summed E-state index contributed by atoms with van der Waals surface area (Å²) in [4.78, 5) is 40.1. The zero-order valence-electron chi connectivity index (χ0n) is 17.5. The molecule has 1 atom stereocenters. The number of nitrogens with one attached hydrogen (secondary N) is 2. The Labute approximate surface area is 181 Å². The van der Waals surface area contributed by atoms with Gasteiger partial charge in [0.25, 0.3) is 11.8 Å². The predicted molar refractivity (Wildman–Crippen MR) is 110 cm³/mol. The number of carbonyl (C=O) groups is 3. The van der Waals surface area contributed by atoms with Gasteiger partial charge in [0, 0.05) is 6.04 Å². The fourth-order valence-corrected chi connectivity index (χ4v) is 5.22. The number of hydrogen-bond acceptors (Lipinski definition) is 6. The maximum atomic E-state index is 12.9. The molecule has 2 N–H and O–H groups in total. The van der Waals surface area contributed by atoms with E-state index in [4.69, 9.17) is 9.47 Å². The van der Waals surface area contributed by atoms with Crippen LogP contribution in [0.25, 0.3) is 0 Å². The molecule has 1 spiro atoms. The van der Waals surface area contributed by atoms with Crippen LogP contribution in [-0.2, 0) is 9.59 Å². The van der Waals surface area contributed by atoms with Gasteiger partial charge in [-0.1, -0.05) is 25.3 Å². The van der Waals surface area contributed by atoms with Crippen molar-refractivity contribution in [2.24, 2.45) is 0 Å². The minimum absolute atomic E-state index is 0.0781. The second-order valence-corrected chi connectivity index (χ2v) is 8.78. The Hall–Kier alpha value is -2.81. The summed E-state index contributed by atoms with van der Waals surface area (Å²) in [5, 5.41) is 3.69. The minimum atomic E-state index is -0.843. The molecule has 1 aliphatic carbocycles. The Balaban J connectivity index is 1.24. The van der Waals surface area contributed by atoms with Gasteiger partial charge in [-0.25, -0.2) is 4.79 Å². The SMILES string of the molecule is O=C(CN1CCC[C@H]1c1ccc2c(c1)OCCO2)NN1C(=O)NC2(CCCCC2)C1=O. The minimum Gasteiger partial charge on any atom is -0.486 e. The summed E-state index contributed by atoms with van der Waals surface area (Å²) in [6.07, 6.45) is 6.02. The monoisotopic (exact) mass is 428 g/mol. The van der Waals surface area contributed by atoms with E-state index in [1.165, 1.54) is 0 Å². The largest absolute Gasteiger partial charge is 0.486 e. The lowest BCUT2D eigenvalue weighted by molar-refractivity contribution is -0.140. The van der Waals surface area contributed by atoms with Gasteiger partial charge in [0.1, 0.15) is 18.8 Å². The number of benzene rings is 1. The number of ether oxygens (including phenoxy) is 2. The third kappa shape index (κ3) is 3.71. The number of urea groups is 1. The van der Waals surface area contributed by atoms with E-state index in [9.17, 15) is 14.4 Å². The average Bonchev–Trinajstić information content (AvgIpc) is 3.32. The Morgan fingerprint density at radius 3 is 2.68 bits per heavy atom. The molecule has 3 heterocycles. The Morgan fingerprint density at radius 1 is 1.10 bits per heavy atom. The molecule has 166 valence electrons. The maximum Gasteiger partial charge on any atom is 0.344 e. The molecular weight excluding hydrogens is 400 g/mol. The first kappa shape index (κ1) is 20.1. The van der Waals surface area contributed by atoms with Crippen molar-refractivity contribution in [2.75, 3.05) is 26.3 Å². The van der Waals surface area contributed by atoms with Crippen molar-refractivity contribution in [3.8, 4) is 11.5 Å². The van der Waals surface area contributed by atoms with Gasteiger partial charge >= 0.3 is 6.03 Å². The summed E-state index contributed by atoms with van der Waals surface area (Å²) in [5.74, 6) is 0.779. The smallest absolute Gasteiger partial charge is 0.344 e. The first-order valence-electron chi connectivity index (χ1n) is 11.2. The van der Waals surface area contributed by atoms with Gasteiger partial charge in [0.05, 0.1) is 6.54 Å². The second-order valence-electron chi connectivity index (χ2n) is 8.78. The van der Waals surface area contributed by atoms with E-state index in [0.29, 0.717) is 26.1 Å². The highest BCUT2D eigenvalue weighted by molar-refractivity contribution is 6.08. The molecule has 31 heavy (non-hydrogen) atoms. The van der Waals surface area contributed by atoms with Crippen LogP contribution in [0.5, 0.6) is 11.5 Å². The van der Waals surface area contributed by atoms with Crippen LogP contribution < -0.4 is 20.2 Å². The van der Waals surface area contributed by atoms with E-state index < -0.39 is 11.6 Å². The first-order chi connectivity index (χ1) is 15.1. The molecule has 3 fully saturated rings. The third-order valence-electron chi connectivity index (χ3n) is 6.77. The number of nitrogens with zero attached hydrogens (tertiary/aromatic N) is 2. The number of amides is 4. The van der Waals surface area contributed by atoms with E-state index in [-0.39, 0.29) is 24.4 Å². The van der Waals surface area contributed by atoms with E-state index in [1.54, 1.807) is 0 Å². The molecule has 9 nitrogen and oxygen atoms in total. The summed E-state index contributed by atoms with van der Waals surface area (Å²) in [5.41, 5.74) is 2.78. The van der Waals surface area contributed by atoms with E-state index in [2.05, 4.69) is 15.6 Å². The molecule has 1 aromatic carbocycles. The zero-order chi connectivity index (χ0) is 21.4. The van der Waals surface area contributed by atoms with E-state index in [0.717, 1.165) is 60.7 Å². The highest BCUT2D eigenvalue weighted by Gasteiger charge is 2.52. The number of hydrazine groups is 1. The lowest BCUT2D eigenvalue weighted by Gasteiger charge is -2.30. The molecule has 1 aromatic rings. The first-order valence-corrected chi connectivity index (χ1v) is 11.2. The molecule has 5 rings (SSSR count).